The smallest absolute Gasteiger partial charge is 0.243 e. The summed E-state index contributed by atoms with van der Waals surface area (Å²) in [4.78, 5) is 13.5. The molecule has 0 aromatic rings. The van der Waals surface area contributed by atoms with Gasteiger partial charge in [-0.3, -0.25) is 10.1 Å². The van der Waals surface area contributed by atoms with Crippen LogP contribution >= 0.6 is 0 Å². The lowest BCUT2D eigenvalue weighted by Crippen LogP contribution is -2.61. The number of nitro groups is 1. The summed E-state index contributed by atoms with van der Waals surface area (Å²) < 4.78 is 0. The predicted molar refractivity (Wildman–Crippen MR) is 78.6 cm³/mol. The van der Waals surface area contributed by atoms with E-state index in [2.05, 4.69) is 27.8 Å². The second-order valence-electron chi connectivity index (χ2n) is 6.81. The first-order chi connectivity index (χ1) is 9.44. The van der Waals surface area contributed by atoms with Crippen LogP contribution in [-0.2, 0) is 0 Å². The van der Waals surface area contributed by atoms with Gasteiger partial charge in [0.25, 0.3) is 0 Å². The highest BCUT2D eigenvalue weighted by atomic mass is 16.6. The minimum absolute atomic E-state index is 0.174. The van der Waals surface area contributed by atoms with Gasteiger partial charge < -0.3 is 20.9 Å². The zero-order chi connectivity index (χ0) is 14.6. The summed E-state index contributed by atoms with van der Waals surface area (Å²) >= 11 is 0. The van der Waals surface area contributed by atoms with Crippen molar-refractivity contribution in [2.75, 3.05) is 58.9 Å². The maximum atomic E-state index is 11.2. The van der Waals surface area contributed by atoms with E-state index in [1.165, 1.54) is 0 Å². The fraction of sp³-hybridized carbons (Fsp3) is 1.00. The molecule has 3 rings (SSSR count). The first-order valence-electron chi connectivity index (χ1n) is 7.43. The van der Waals surface area contributed by atoms with Crippen LogP contribution < -0.4 is 16.0 Å². The summed E-state index contributed by atoms with van der Waals surface area (Å²) in [5.41, 5.74) is -0.549. The monoisotopic (exact) mass is 285 g/mol. The molecule has 0 aromatic carbocycles. The van der Waals surface area contributed by atoms with Crippen LogP contribution in [0.25, 0.3) is 0 Å². The summed E-state index contributed by atoms with van der Waals surface area (Å²) in [7, 11) is 0. The van der Waals surface area contributed by atoms with Crippen molar-refractivity contribution in [2.24, 2.45) is 5.41 Å². The molecule has 3 heterocycles. The molecular weight excluding hydrogens is 258 g/mol. The minimum atomic E-state index is -0.937. The van der Waals surface area contributed by atoms with E-state index >= 15 is 0 Å². The number of hydrogen-bond donors (Lipinski definition) is 3. The van der Waals surface area contributed by atoms with Gasteiger partial charge in [0, 0.05) is 63.1 Å². The Bertz CT molecular complexity index is 340. The Labute approximate surface area is 120 Å². The average Bonchev–Trinajstić information content (AvgIpc) is 2.35. The number of nitrogens with one attached hydrogen (secondary N) is 3. The lowest BCUT2D eigenvalue weighted by molar-refractivity contribution is -0.560. The van der Waals surface area contributed by atoms with Gasteiger partial charge in [0.05, 0.1) is 13.1 Å². The molecule has 3 saturated heterocycles. The van der Waals surface area contributed by atoms with Gasteiger partial charge in [-0.05, 0) is 0 Å². The SMILES string of the molecule is CC12CNCCNCC(C)([N+](=O)[O-])CNCCN(C1)C2. The van der Waals surface area contributed by atoms with Crippen molar-refractivity contribution < 1.29 is 4.92 Å². The molecule has 20 heavy (non-hydrogen) atoms. The van der Waals surface area contributed by atoms with Gasteiger partial charge in [0.1, 0.15) is 0 Å². The maximum absolute atomic E-state index is 11.2. The molecule has 0 radical (unpaired) electrons. The average molecular weight is 285 g/mol. The first kappa shape index (κ1) is 15.6. The Morgan fingerprint density at radius 1 is 1.00 bits per heavy atom. The van der Waals surface area contributed by atoms with Gasteiger partial charge in [-0.15, -0.1) is 0 Å². The van der Waals surface area contributed by atoms with Crippen molar-refractivity contribution in [1.29, 1.82) is 0 Å². The highest BCUT2D eigenvalue weighted by molar-refractivity contribution is 4.93. The van der Waals surface area contributed by atoms with Crippen molar-refractivity contribution in [2.45, 2.75) is 19.4 Å². The number of rotatable bonds is 1. The highest BCUT2D eigenvalue weighted by Crippen LogP contribution is 2.28. The summed E-state index contributed by atoms with van der Waals surface area (Å²) in [6, 6.07) is 0. The summed E-state index contributed by atoms with van der Waals surface area (Å²) in [5.74, 6) is 0. The van der Waals surface area contributed by atoms with E-state index < -0.39 is 5.54 Å². The quantitative estimate of drug-likeness (QED) is 0.429. The molecule has 1 unspecified atom stereocenters. The Morgan fingerprint density at radius 2 is 1.55 bits per heavy atom. The van der Waals surface area contributed by atoms with Crippen LogP contribution in [0.4, 0.5) is 0 Å². The second-order valence-corrected chi connectivity index (χ2v) is 6.81. The molecule has 3 aliphatic rings. The van der Waals surface area contributed by atoms with Gasteiger partial charge in [0.2, 0.25) is 5.54 Å². The predicted octanol–water partition coefficient (Wildman–Crippen LogP) is -0.874. The van der Waals surface area contributed by atoms with E-state index in [0.29, 0.717) is 18.5 Å². The Hall–Kier alpha value is -0.760. The molecule has 7 heteroatoms. The van der Waals surface area contributed by atoms with Gasteiger partial charge in [-0.1, -0.05) is 6.92 Å². The first-order valence-corrected chi connectivity index (χ1v) is 7.43. The van der Waals surface area contributed by atoms with E-state index in [-0.39, 0.29) is 4.92 Å². The van der Waals surface area contributed by atoms with Crippen molar-refractivity contribution in [3.8, 4) is 0 Å². The topological polar surface area (TPSA) is 82.5 Å². The summed E-state index contributed by atoms with van der Waals surface area (Å²) in [5, 5.41) is 21.1. The fourth-order valence-corrected chi connectivity index (χ4v) is 3.01. The fourth-order valence-electron chi connectivity index (χ4n) is 3.01. The van der Waals surface area contributed by atoms with Crippen molar-refractivity contribution in [3.05, 3.63) is 10.1 Å². The molecule has 2 bridgehead atoms. The van der Waals surface area contributed by atoms with Crippen LogP contribution in [0.3, 0.4) is 0 Å². The van der Waals surface area contributed by atoms with Gasteiger partial charge in [0.15, 0.2) is 0 Å². The van der Waals surface area contributed by atoms with Gasteiger partial charge >= 0.3 is 0 Å². The molecule has 3 fully saturated rings. The number of nitrogens with zero attached hydrogens (tertiary/aromatic N) is 2. The molecule has 116 valence electrons. The Morgan fingerprint density at radius 3 is 2.15 bits per heavy atom. The third-order valence-electron chi connectivity index (χ3n) is 4.30. The zero-order valence-corrected chi connectivity index (χ0v) is 12.6. The van der Waals surface area contributed by atoms with Crippen molar-refractivity contribution >= 4 is 0 Å². The van der Waals surface area contributed by atoms with E-state index in [9.17, 15) is 10.1 Å². The number of fused-ring (bicyclic) bond motifs is 10. The highest BCUT2D eigenvalue weighted by Gasteiger charge is 2.39. The Balaban J connectivity index is 1.87. The van der Waals surface area contributed by atoms with Crippen molar-refractivity contribution in [3.63, 3.8) is 0 Å². The maximum Gasteiger partial charge on any atom is 0.243 e. The number of hydrogen-bond acceptors (Lipinski definition) is 6. The molecule has 0 aliphatic carbocycles. The lowest BCUT2D eigenvalue weighted by Gasteiger charge is -2.48. The zero-order valence-electron chi connectivity index (χ0n) is 12.6. The second kappa shape index (κ2) is 6.34. The van der Waals surface area contributed by atoms with Gasteiger partial charge in [-0.2, -0.15) is 0 Å². The third kappa shape index (κ3) is 3.88. The van der Waals surface area contributed by atoms with E-state index in [1.807, 2.05) is 0 Å². The van der Waals surface area contributed by atoms with Crippen LogP contribution in [0, 0.1) is 15.5 Å². The summed E-state index contributed by atoms with van der Waals surface area (Å²) in [6.07, 6.45) is 0. The van der Waals surface area contributed by atoms with Crippen LogP contribution in [0.1, 0.15) is 13.8 Å². The normalized spacial score (nSPS) is 40.4. The van der Waals surface area contributed by atoms with Crippen LogP contribution in [0.15, 0.2) is 0 Å². The molecule has 0 spiro atoms. The lowest BCUT2D eigenvalue weighted by atomic mass is 9.82. The molecule has 7 nitrogen and oxygen atoms in total. The Kier molecular flexibility index (Phi) is 4.95. The van der Waals surface area contributed by atoms with Crippen LogP contribution in [0.5, 0.6) is 0 Å². The molecule has 0 amide bonds. The minimum Gasteiger partial charge on any atom is -0.315 e. The summed E-state index contributed by atoms with van der Waals surface area (Å²) in [6.45, 7) is 11.5. The molecule has 0 saturated carbocycles. The van der Waals surface area contributed by atoms with E-state index in [4.69, 9.17) is 0 Å². The molecule has 0 aromatic heterocycles. The molecule has 3 aliphatic heterocycles. The van der Waals surface area contributed by atoms with E-state index in [0.717, 1.165) is 45.8 Å². The molecule has 1 atom stereocenters. The molecular formula is C13H27N5O2. The van der Waals surface area contributed by atoms with Crippen LogP contribution in [-0.4, -0.2) is 74.3 Å². The van der Waals surface area contributed by atoms with Crippen LogP contribution in [0.2, 0.25) is 0 Å². The van der Waals surface area contributed by atoms with Gasteiger partial charge in [-0.25, -0.2) is 0 Å². The molecule has 3 N–H and O–H groups in total. The third-order valence-corrected chi connectivity index (χ3v) is 4.30. The van der Waals surface area contributed by atoms with E-state index in [1.54, 1.807) is 6.92 Å². The van der Waals surface area contributed by atoms with Crippen molar-refractivity contribution in [1.82, 2.24) is 20.9 Å². The standard InChI is InChI=1S/C13H27N5O2/c1-12-7-14-3-4-15-8-13(2,18(19)20)9-16-5-6-17(10-12)11-12/h14-16H,3-11H2,1-2H3. The largest absolute Gasteiger partial charge is 0.315 e.